The molecule has 1 amide bonds. The van der Waals surface area contributed by atoms with E-state index in [9.17, 15) is 32.3 Å². The van der Waals surface area contributed by atoms with Gasteiger partial charge in [0.05, 0.1) is 41.7 Å². The molecule has 6 rings (SSSR count). The van der Waals surface area contributed by atoms with Gasteiger partial charge in [-0.1, -0.05) is 11.6 Å². The topological polar surface area (TPSA) is 111 Å². The van der Waals surface area contributed by atoms with Crippen LogP contribution in [0, 0.1) is 23.6 Å². The molecule has 3 saturated carbocycles. The number of hydrogen-bond donors (Lipinski definition) is 2. The number of rotatable bonds is 6. The highest BCUT2D eigenvalue weighted by molar-refractivity contribution is 6.31. The predicted octanol–water partition coefficient (Wildman–Crippen LogP) is 6.38. The van der Waals surface area contributed by atoms with Gasteiger partial charge in [0, 0.05) is 30.4 Å². The number of carbonyl (C=O) groups excluding carboxylic acids is 2. The Kier molecular flexibility index (Phi) is 8.22. The van der Waals surface area contributed by atoms with E-state index in [1.807, 2.05) is 0 Å². The molecule has 0 aliphatic heterocycles. The number of methoxy groups -OCH3 is 1. The number of halogens is 5. The molecule has 3 aromatic rings. The van der Waals surface area contributed by atoms with Gasteiger partial charge in [0.2, 0.25) is 0 Å². The Morgan fingerprint density at radius 2 is 1.80 bits per heavy atom. The summed E-state index contributed by atoms with van der Waals surface area (Å²) in [6.07, 6.45) is 1.49. The molecule has 2 atom stereocenters. The van der Waals surface area contributed by atoms with Gasteiger partial charge in [0.25, 0.3) is 5.91 Å². The van der Waals surface area contributed by atoms with E-state index in [0.29, 0.717) is 55.6 Å². The number of aromatic nitrogens is 4. The first kappa shape index (κ1) is 31.5. The third-order valence-electron chi connectivity index (χ3n) is 9.89. The predicted molar refractivity (Wildman–Crippen MR) is 155 cm³/mol. The fraction of sp³-hybridized carbons (Fsp3) is 0.548. The Balaban J connectivity index is 1.18. The molecule has 3 fully saturated rings. The Labute approximate surface area is 261 Å². The van der Waals surface area contributed by atoms with E-state index < -0.39 is 29.2 Å². The van der Waals surface area contributed by atoms with Crippen LogP contribution in [0.4, 0.5) is 23.2 Å². The summed E-state index contributed by atoms with van der Waals surface area (Å²) < 4.78 is 64.0. The van der Waals surface area contributed by atoms with Crippen LogP contribution in [-0.2, 0) is 28.4 Å². The van der Waals surface area contributed by atoms with Crippen molar-refractivity contribution in [1.82, 2.24) is 19.3 Å². The van der Waals surface area contributed by atoms with E-state index in [2.05, 4.69) is 15.4 Å². The minimum Gasteiger partial charge on any atom is -0.469 e. The fourth-order valence-electron chi connectivity index (χ4n) is 7.77. The summed E-state index contributed by atoms with van der Waals surface area (Å²) in [7, 11) is 3.01. The smallest absolute Gasteiger partial charge is 0.435 e. The van der Waals surface area contributed by atoms with Crippen molar-refractivity contribution in [3.63, 3.8) is 0 Å². The van der Waals surface area contributed by atoms with E-state index in [1.165, 1.54) is 36.4 Å². The summed E-state index contributed by atoms with van der Waals surface area (Å²) in [5, 5.41) is 18.3. The zero-order valence-corrected chi connectivity index (χ0v) is 25.5. The van der Waals surface area contributed by atoms with Crippen LogP contribution in [0.25, 0.3) is 0 Å². The number of hydrogen-bond acceptors (Lipinski definition) is 6. The third-order valence-corrected chi connectivity index (χ3v) is 10.2. The number of aliphatic hydroxyl groups is 1. The molecule has 1 aromatic carbocycles. The van der Waals surface area contributed by atoms with Crippen LogP contribution in [-0.4, -0.2) is 43.4 Å². The lowest BCUT2D eigenvalue weighted by Crippen LogP contribution is -2.26. The van der Waals surface area contributed by atoms with Crippen molar-refractivity contribution >= 4 is 29.2 Å². The van der Waals surface area contributed by atoms with Crippen LogP contribution in [0.1, 0.15) is 90.8 Å². The highest BCUT2D eigenvalue weighted by Gasteiger charge is 2.54. The van der Waals surface area contributed by atoms with Crippen LogP contribution >= 0.6 is 11.6 Å². The van der Waals surface area contributed by atoms with Crippen LogP contribution < -0.4 is 5.32 Å². The van der Waals surface area contributed by atoms with Crippen molar-refractivity contribution in [2.45, 2.75) is 75.1 Å². The second-order valence-electron chi connectivity index (χ2n) is 12.7. The second kappa shape index (κ2) is 11.7. The average molecular weight is 652 g/mol. The summed E-state index contributed by atoms with van der Waals surface area (Å²) >= 11 is 5.86. The zero-order valence-electron chi connectivity index (χ0n) is 24.8. The van der Waals surface area contributed by atoms with Crippen molar-refractivity contribution in [3.8, 4) is 0 Å². The molecule has 0 radical (unpaired) electrons. The normalized spacial score (nSPS) is 28.2. The Bertz CT molecular complexity index is 1600. The molecule has 3 aliphatic carbocycles. The number of aryl methyl sites for hydroxylation is 1. The number of carbonyl (C=O) groups is 2. The molecule has 2 aromatic heterocycles. The van der Waals surface area contributed by atoms with Crippen molar-refractivity contribution in [2.75, 3.05) is 12.4 Å². The van der Waals surface area contributed by atoms with Gasteiger partial charge in [0.15, 0.2) is 5.69 Å². The highest BCUT2D eigenvalue weighted by Crippen LogP contribution is 2.58. The molecule has 0 spiro atoms. The quantitative estimate of drug-likeness (QED) is 0.237. The van der Waals surface area contributed by atoms with Crippen LogP contribution in [0.2, 0.25) is 5.02 Å². The molecule has 2 N–H and O–H groups in total. The maximum Gasteiger partial charge on any atom is 0.435 e. The molecule has 2 unspecified atom stereocenters. The number of ether oxygens (including phenoxy) is 1. The molecular weight excluding hydrogens is 618 g/mol. The van der Waals surface area contributed by atoms with E-state index in [-0.39, 0.29) is 59.1 Å². The lowest BCUT2D eigenvalue weighted by Gasteiger charge is -2.27. The SMILES string of the molecule is COC(=O)C1CCC(n2cc(C3(O)CC4CC(c5ncn(C)c5C(=O)Nc5ccc(F)c(Cl)c5)CC4C3)c(C(F)(F)F)n2)CC1. The third kappa shape index (κ3) is 5.96. The highest BCUT2D eigenvalue weighted by atomic mass is 35.5. The maximum absolute atomic E-state index is 14.2. The minimum atomic E-state index is -4.75. The van der Waals surface area contributed by atoms with Gasteiger partial charge in [-0.15, -0.1) is 0 Å². The summed E-state index contributed by atoms with van der Waals surface area (Å²) in [6, 6.07) is 3.57. The summed E-state index contributed by atoms with van der Waals surface area (Å²) in [4.78, 5) is 29.7. The maximum atomic E-state index is 14.2. The number of fused-ring (bicyclic) bond motifs is 1. The molecule has 0 bridgehead atoms. The van der Waals surface area contributed by atoms with Crippen molar-refractivity contribution in [2.24, 2.45) is 24.8 Å². The number of nitrogens with zero attached hydrogens (tertiary/aromatic N) is 4. The first-order valence-electron chi connectivity index (χ1n) is 15.0. The number of amides is 1. The van der Waals surface area contributed by atoms with Crippen molar-refractivity contribution in [1.29, 1.82) is 0 Å². The lowest BCUT2D eigenvalue weighted by atomic mass is 9.85. The van der Waals surface area contributed by atoms with E-state index >= 15 is 0 Å². The Morgan fingerprint density at radius 3 is 2.40 bits per heavy atom. The summed E-state index contributed by atoms with van der Waals surface area (Å²) in [5.74, 6) is -1.91. The molecule has 242 valence electrons. The van der Waals surface area contributed by atoms with Crippen LogP contribution in [0.15, 0.2) is 30.7 Å². The van der Waals surface area contributed by atoms with Gasteiger partial charge in [0.1, 0.15) is 11.5 Å². The molecule has 45 heavy (non-hydrogen) atoms. The first-order valence-corrected chi connectivity index (χ1v) is 15.4. The van der Waals surface area contributed by atoms with E-state index in [4.69, 9.17) is 16.3 Å². The number of nitrogens with one attached hydrogen (secondary N) is 1. The van der Waals surface area contributed by atoms with Crippen molar-refractivity contribution in [3.05, 3.63) is 64.2 Å². The van der Waals surface area contributed by atoms with Gasteiger partial charge in [-0.05, 0) is 81.4 Å². The summed E-state index contributed by atoms with van der Waals surface area (Å²) in [6.45, 7) is 0. The number of benzene rings is 1. The average Bonchev–Trinajstić information content (AvgIpc) is 3.76. The largest absolute Gasteiger partial charge is 0.469 e. The fourth-order valence-corrected chi connectivity index (χ4v) is 7.95. The molecule has 2 heterocycles. The van der Waals surface area contributed by atoms with Crippen LogP contribution in [0.5, 0.6) is 0 Å². The van der Waals surface area contributed by atoms with E-state index in [1.54, 1.807) is 11.6 Å². The first-order chi connectivity index (χ1) is 21.3. The second-order valence-corrected chi connectivity index (χ2v) is 13.1. The van der Waals surface area contributed by atoms with E-state index in [0.717, 1.165) is 6.07 Å². The van der Waals surface area contributed by atoms with Crippen molar-refractivity contribution < 1.29 is 37.0 Å². The number of anilines is 1. The number of esters is 1. The Morgan fingerprint density at radius 1 is 1.13 bits per heavy atom. The molecule has 0 saturated heterocycles. The van der Waals surface area contributed by atoms with Gasteiger partial charge >= 0.3 is 12.1 Å². The number of imidazole rings is 1. The molecule has 9 nitrogen and oxygen atoms in total. The standard InChI is InChI=1S/C31H34ClF4N5O4/c1-40-15-37-25(26(40)28(42)38-20-5-8-24(33)23(32)11-20)17-9-18-12-30(44,13-19(18)10-17)22-14-41(39-27(22)31(34,35)36)21-6-3-16(4-7-21)29(43)45-2/h5,8,11,14-19,21,44H,3-4,6-7,9-10,12-13H2,1-2H3,(H,38,42). The Hall–Kier alpha value is -3.45. The minimum absolute atomic E-state index is 0.0752. The van der Waals surface area contributed by atoms with Gasteiger partial charge < -0.3 is 19.7 Å². The summed E-state index contributed by atoms with van der Waals surface area (Å²) in [5.41, 5.74) is -1.73. The van der Waals surface area contributed by atoms with Gasteiger partial charge in [-0.2, -0.15) is 18.3 Å². The number of alkyl halides is 3. The zero-order chi connectivity index (χ0) is 32.3. The van der Waals surface area contributed by atoms with Gasteiger partial charge in [-0.25, -0.2) is 9.37 Å². The van der Waals surface area contributed by atoms with Gasteiger partial charge in [-0.3, -0.25) is 14.3 Å². The monoisotopic (exact) mass is 651 g/mol. The molecule has 14 heteroatoms. The van der Waals surface area contributed by atoms with Crippen LogP contribution in [0.3, 0.4) is 0 Å². The molecule has 3 aliphatic rings. The lowest BCUT2D eigenvalue weighted by molar-refractivity contribution is -0.146. The molecular formula is C31H34ClF4N5O4.